The molecule has 0 bridgehead atoms. The zero-order valence-corrected chi connectivity index (χ0v) is 15.1. The van der Waals surface area contributed by atoms with Crippen LogP contribution in [0.15, 0.2) is 34.9 Å². The Labute approximate surface area is 154 Å². The first-order chi connectivity index (χ1) is 11.9. The van der Waals surface area contributed by atoms with E-state index in [9.17, 15) is 9.59 Å². The summed E-state index contributed by atoms with van der Waals surface area (Å²) in [5, 5.41) is 2.92. The first-order valence-corrected chi connectivity index (χ1v) is 7.98. The molecule has 0 radical (unpaired) electrons. The second kappa shape index (κ2) is 8.50. The third-order valence-electron chi connectivity index (χ3n) is 3.14. The van der Waals surface area contributed by atoms with Crippen molar-refractivity contribution in [1.29, 1.82) is 0 Å². The Bertz CT molecular complexity index is 806. The third-order valence-corrected chi connectivity index (χ3v) is 3.58. The molecule has 1 aromatic heterocycles. The Morgan fingerprint density at radius 1 is 1.24 bits per heavy atom. The van der Waals surface area contributed by atoms with Crippen LogP contribution in [-0.4, -0.2) is 23.5 Å². The highest BCUT2D eigenvalue weighted by molar-refractivity contribution is 7.80. The van der Waals surface area contributed by atoms with Gasteiger partial charge in [0.15, 0.2) is 11.7 Å². The van der Waals surface area contributed by atoms with E-state index in [1.54, 1.807) is 25.1 Å². The summed E-state index contributed by atoms with van der Waals surface area (Å²) in [4.78, 5) is 23.7. The second-order valence-corrected chi connectivity index (χ2v) is 5.89. The lowest BCUT2D eigenvalue weighted by Gasteiger charge is -2.12. The highest BCUT2D eigenvalue weighted by atomic mass is 35.5. The van der Waals surface area contributed by atoms with Gasteiger partial charge in [-0.25, -0.2) is 0 Å². The molecule has 0 spiro atoms. The fourth-order valence-electron chi connectivity index (χ4n) is 1.91. The molecule has 0 saturated carbocycles. The second-order valence-electron chi connectivity index (χ2n) is 5.05. The van der Waals surface area contributed by atoms with Crippen LogP contribution in [0.25, 0.3) is 0 Å². The van der Waals surface area contributed by atoms with Gasteiger partial charge in [0.1, 0.15) is 11.5 Å². The normalized spacial score (nSPS) is 10.0. The predicted octanol–water partition coefficient (Wildman–Crippen LogP) is 2.26. The molecule has 25 heavy (non-hydrogen) atoms. The standard InChI is InChI=1S/C16H16ClN3O4S/c1-9-7-11(17)3-4-13(9)24-8-14(21)18-16(25)20-19-15(22)12-5-6-23-10(12)2/h3-7H,8H2,1-2H3,(H,19,22)(H2,18,20,21,25). The quantitative estimate of drug-likeness (QED) is 0.555. The molecule has 0 aliphatic carbocycles. The molecule has 0 unspecified atom stereocenters. The minimum Gasteiger partial charge on any atom is -0.483 e. The van der Waals surface area contributed by atoms with E-state index in [1.807, 2.05) is 6.92 Å². The fourth-order valence-corrected chi connectivity index (χ4v) is 2.30. The molecule has 132 valence electrons. The highest BCUT2D eigenvalue weighted by Gasteiger charge is 2.12. The lowest BCUT2D eigenvalue weighted by molar-refractivity contribution is -0.121. The van der Waals surface area contributed by atoms with Crippen LogP contribution in [0.5, 0.6) is 5.75 Å². The van der Waals surface area contributed by atoms with Crippen molar-refractivity contribution in [1.82, 2.24) is 16.2 Å². The maximum atomic E-state index is 11.9. The number of furan rings is 1. The zero-order chi connectivity index (χ0) is 18.4. The molecule has 3 N–H and O–H groups in total. The lowest BCUT2D eigenvalue weighted by atomic mass is 10.2. The van der Waals surface area contributed by atoms with Crippen molar-refractivity contribution in [2.24, 2.45) is 0 Å². The highest BCUT2D eigenvalue weighted by Crippen LogP contribution is 2.21. The van der Waals surface area contributed by atoms with Crippen molar-refractivity contribution < 1.29 is 18.7 Å². The molecule has 7 nitrogen and oxygen atoms in total. The predicted molar refractivity (Wildman–Crippen MR) is 96.5 cm³/mol. The van der Waals surface area contributed by atoms with Gasteiger partial charge in [-0.3, -0.25) is 25.8 Å². The van der Waals surface area contributed by atoms with E-state index in [0.29, 0.717) is 22.1 Å². The maximum absolute atomic E-state index is 11.9. The molecule has 9 heteroatoms. The molecule has 2 rings (SSSR count). The number of halogens is 1. The SMILES string of the molecule is Cc1cc(Cl)ccc1OCC(=O)NC(=S)NNC(=O)c1ccoc1C. The number of thiocarbonyl (C=S) groups is 1. The summed E-state index contributed by atoms with van der Waals surface area (Å²) in [7, 11) is 0. The van der Waals surface area contributed by atoms with E-state index in [2.05, 4.69) is 16.2 Å². The number of amides is 2. The molecule has 0 saturated heterocycles. The Morgan fingerprint density at radius 3 is 2.64 bits per heavy atom. The van der Waals surface area contributed by atoms with E-state index in [4.69, 9.17) is 33.0 Å². The van der Waals surface area contributed by atoms with Gasteiger partial charge in [-0.05, 0) is 55.9 Å². The number of hydrogen-bond acceptors (Lipinski definition) is 5. The van der Waals surface area contributed by atoms with E-state index < -0.39 is 11.8 Å². The van der Waals surface area contributed by atoms with Gasteiger partial charge in [0.05, 0.1) is 11.8 Å². The molecule has 1 aromatic carbocycles. The van der Waals surface area contributed by atoms with Crippen LogP contribution in [0.3, 0.4) is 0 Å². The summed E-state index contributed by atoms with van der Waals surface area (Å²) < 4.78 is 10.4. The van der Waals surface area contributed by atoms with E-state index >= 15 is 0 Å². The van der Waals surface area contributed by atoms with E-state index in [-0.39, 0.29) is 11.7 Å². The Morgan fingerprint density at radius 2 is 2.00 bits per heavy atom. The first-order valence-electron chi connectivity index (χ1n) is 7.20. The average Bonchev–Trinajstić information content (AvgIpc) is 2.98. The molecular formula is C16H16ClN3O4S. The van der Waals surface area contributed by atoms with Crippen LogP contribution in [-0.2, 0) is 4.79 Å². The topological polar surface area (TPSA) is 92.6 Å². The van der Waals surface area contributed by atoms with Crippen molar-refractivity contribution in [2.75, 3.05) is 6.61 Å². The van der Waals surface area contributed by atoms with Crippen LogP contribution in [0.2, 0.25) is 5.02 Å². The summed E-state index contributed by atoms with van der Waals surface area (Å²) in [5.41, 5.74) is 5.96. The number of aryl methyl sites for hydroxylation is 2. The Hall–Kier alpha value is -2.58. The molecule has 2 aromatic rings. The summed E-state index contributed by atoms with van der Waals surface area (Å²) >= 11 is 10.8. The van der Waals surface area contributed by atoms with Crippen LogP contribution >= 0.6 is 23.8 Å². The molecule has 0 aliphatic rings. The van der Waals surface area contributed by atoms with Gasteiger partial charge < -0.3 is 9.15 Å². The first kappa shape index (κ1) is 18.8. The minimum atomic E-state index is -0.472. The molecular weight excluding hydrogens is 366 g/mol. The number of nitrogens with one attached hydrogen (secondary N) is 3. The lowest BCUT2D eigenvalue weighted by Crippen LogP contribution is -2.49. The fraction of sp³-hybridized carbons (Fsp3) is 0.188. The van der Waals surface area contributed by atoms with Gasteiger partial charge in [-0.15, -0.1) is 0 Å². The van der Waals surface area contributed by atoms with Crippen LogP contribution in [0.4, 0.5) is 0 Å². The zero-order valence-electron chi connectivity index (χ0n) is 13.5. The van der Waals surface area contributed by atoms with Gasteiger partial charge in [0, 0.05) is 5.02 Å². The number of benzene rings is 1. The van der Waals surface area contributed by atoms with Crippen molar-refractivity contribution in [3.63, 3.8) is 0 Å². The van der Waals surface area contributed by atoms with Crippen LogP contribution in [0, 0.1) is 13.8 Å². The van der Waals surface area contributed by atoms with Gasteiger partial charge in [0.2, 0.25) is 0 Å². The smallest absolute Gasteiger partial charge is 0.273 e. The number of hydrogen-bond donors (Lipinski definition) is 3. The molecule has 2 amide bonds. The van der Waals surface area contributed by atoms with E-state index in [1.165, 1.54) is 12.3 Å². The van der Waals surface area contributed by atoms with E-state index in [0.717, 1.165) is 5.56 Å². The largest absolute Gasteiger partial charge is 0.483 e. The summed E-state index contributed by atoms with van der Waals surface area (Å²) in [6.45, 7) is 3.24. The third kappa shape index (κ3) is 5.47. The molecule has 0 atom stereocenters. The number of hydrazine groups is 1. The number of ether oxygens (including phenoxy) is 1. The van der Waals surface area contributed by atoms with Crippen molar-refractivity contribution >= 4 is 40.7 Å². The van der Waals surface area contributed by atoms with Gasteiger partial charge in [0.25, 0.3) is 11.8 Å². The van der Waals surface area contributed by atoms with Gasteiger partial charge in [-0.1, -0.05) is 11.6 Å². The number of carbonyl (C=O) groups excluding carboxylic acids is 2. The average molecular weight is 382 g/mol. The maximum Gasteiger partial charge on any atom is 0.273 e. The number of rotatable bonds is 4. The summed E-state index contributed by atoms with van der Waals surface area (Å²) in [6.07, 6.45) is 1.40. The molecule has 0 aliphatic heterocycles. The van der Waals surface area contributed by atoms with Gasteiger partial charge in [-0.2, -0.15) is 0 Å². The van der Waals surface area contributed by atoms with Crippen molar-refractivity contribution in [3.8, 4) is 5.75 Å². The Balaban J connectivity index is 1.75. The molecule has 0 fully saturated rings. The summed E-state index contributed by atoms with van der Waals surface area (Å²) in [6, 6.07) is 6.60. The van der Waals surface area contributed by atoms with Gasteiger partial charge >= 0.3 is 0 Å². The van der Waals surface area contributed by atoms with Crippen molar-refractivity contribution in [2.45, 2.75) is 13.8 Å². The monoisotopic (exact) mass is 381 g/mol. The molecule has 1 heterocycles. The Kier molecular flexibility index (Phi) is 6.37. The summed E-state index contributed by atoms with van der Waals surface area (Å²) in [5.74, 6) is 0.111. The van der Waals surface area contributed by atoms with Crippen molar-refractivity contribution in [3.05, 3.63) is 52.4 Å². The number of carbonyl (C=O) groups is 2. The van der Waals surface area contributed by atoms with Crippen LogP contribution < -0.4 is 20.9 Å². The minimum absolute atomic E-state index is 0.0593. The van der Waals surface area contributed by atoms with Crippen LogP contribution in [0.1, 0.15) is 21.7 Å².